The van der Waals surface area contributed by atoms with E-state index >= 15 is 0 Å². The molecule has 1 rings (SSSR count). The van der Waals surface area contributed by atoms with E-state index in [1.165, 1.54) is 11.1 Å². The number of hydrogen-bond acceptors (Lipinski definition) is 1. The van der Waals surface area contributed by atoms with E-state index in [0.717, 1.165) is 6.42 Å². The lowest BCUT2D eigenvalue weighted by Gasteiger charge is -1.98. The van der Waals surface area contributed by atoms with Crippen molar-refractivity contribution in [3.63, 3.8) is 0 Å². The second kappa shape index (κ2) is 3.94. The summed E-state index contributed by atoms with van der Waals surface area (Å²) in [6, 6.07) is 8.28. The highest BCUT2D eigenvalue weighted by Gasteiger charge is 1.89. The van der Waals surface area contributed by atoms with Crippen LogP contribution in [-0.2, 0) is 13.0 Å². The zero-order chi connectivity index (χ0) is 8.10. The molecular formula is C10H13N. The zero-order valence-electron chi connectivity index (χ0n) is 6.59. The Labute approximate surface area is 67.5 Å². The maximum Gasteiger partial charge on any atom is 0.0178 e. The molecule has 0 aromatic heterocycles. The first-order valence-corrected chi connectivity index (χ1v) is 3.75. The van der Waals surface area contributed by atoms with Gasteiger partial charge in [-0.1, -0.05) is 30.3 Å². The van der Waals surface area contributed by atoms with Crippen molar-refractivity contribution in [1.82, 2.24) is 0 Å². The SMILES string of the molecule is C=CCc1ccc(CN)cc1. The Hall–Kier alpha value is -1.08. The van der Waals surface area contributed by atoms with Crippen LogP contribution in [0.15, 0.2) is 36.9 Å². The molecule has 11 heavy (non-hydrogen) atoms. The van der Waals surface area contributed by atoms with E-state index in [1.807, 2.05) is 6.08 Å². The van der Waals surface area contributed by atoms with E-state index in [4.69, 9.17) is 5.73 Å². The molecule has 0 aliphatic heterocycles. The molecule has 1 nitrogen and oxygen atoms in total. The number of allylic oxidation sites excluding steroid dienone is 1. The Bertz CT molecular complexity index is 223. The van der Waals surface area contributed by atoms with Gasteiger partial charge in [0, 0.05) is 6.54 Å². The van der Waals surface area contributed by atoms with Crippen molar-refractivity contribution in [1.29, 1.82) is 0 Å². The molecule has 1 aromatic rings. The van der Waals surface area contributed by atoms with Crippen molar-refractivity contribution < 1.29 is 0 Å². The average molecular weight is 147 g/mol. The van der Waals surface area contributed by atoms with E-state index in [0.29, 0.717) is 6.54 Å². The monoisotopic (exact) mass is 147 g/mol. The third kappa shape index (κ3) is 2.20. The minimum absolute atomic E-state index is 0.619. The van der Waals surface area contributed by atoms with Crippen LogP contribution < -0.4 is 5.73 Å². The van der Waals surface area contributed by atoms with Crippen LogP contribution in [0.2, 0.25) is 0 Å². The average Bonchev–Trinajstić information content (AvgIpc) is 2.07. The molecule has 1 aromatic carbocycles. The molecule has 0 bridgehead atoms. The van der Waals surface area contributed by atoms with Gasteiger partial charge in [-0.05, 0) is 17.5 Å². The molecule has 0 aliphatic carbocycles. The molecule has 0 saturated heterocycles. The number of hydrogen-bond donors (Lipinski definition) is 1. The van der Waals surface area contributed by atoms with Gasteiger partial charge in [-0.2, -0.15) is 0 Å². The van der Waals surface area contributed by atoms with Gasteiger partial charge in [0.15, 0.2) is 0 Å². The lowest BCUT2D eigenvalue weighted by molar-refractivity contribution is 1.07. The van der Waals surface area contributed by atoms with Gasteiger partial charge >= 0.3 is 0 Å². The summed E-state index contributed by atoms with van der Waals surface area (Å²) in [4.78, 5) is 0. The molecule has 0 heterocycles. The highest BCUT2D eigenvalue weighted by molar-refractivity contribution is 5.23. The molecule has 0 unspecified atom stereocenters. The van der Waals surface area contributed by atoms with Gasteiger partial charge in [-0.3, -0.25) is 0 Å². The highest BCUT2D eigenvalue weighted by atomic mass is 14.5. The summed E-state index contributed by atoms with van der Waals surface area (Å²) in [6.45, 7) is 4.29. The molecule has 0 saturated carbocycles. The van der Waals surface area contributed by atoms with Crippen LogP contribution in [-0.4, -0.2) is 0 Å². The van der Waals surface area contributed by atoms with Crippen LogP contribution in [0, 0.1) is 0 Å². The minimum Gasteiger partial charge on any atom is -0.326 e. The fraction of sp³-hybridized carbons (Fsp3) is 0.200. The molecule has 0 aliphatic rings. The van der Waals surface area contributed by atoms with Crippen LogP contribution in [0.1, 0.15) is 11.1 Å². The molecular weight excluding hydrogens is 134 g/mol. The number of nitrogens with two attached hydrogens (primary N) is 1. The maximum atomic E-state index is 5.45. The summed E-state index contributed by atoms with van der Waals surface area (Å²) in [6.07, 6.45) is 2.84. The Balaban J connectivity index is 2.74. The first-order valence-electron chi connectivity index (χ1n) is 3.75. The van der Waals surface area contributed by atoms with Crippen molar-refractivity contribution in [2.75, 3.05) is 0 Å². The lowest BCUT2D eigenvalue weighted by atomic mass is 10.1. The summed E-state index contributed by atoms with van der Waals surface area (Å²) in [7, 11) is 0. The molecule has 1 heteroatoms. The predicted octanol–water partition coefficient (Wildman–Crippen LogP) is 1.87. The van der Waals surface area contributed by atoms with Crippen LogP contribution in [0.4, 0.5) is 0 Å². The van der Waals surface area contributed by atoms with E-state index in [9.17, 15) is 0 Å². The molecule has 2 N–H and O–H groups in total. The molecule has 0 atom stereocenters. The quantitative estimate of drug-likeness (QED) is 0.649. The van der Waals surface area contributed by atoms with Crippen molar-refractivity contribution in [3.8, 4) is 0 Å². The van der Waals surface area contributed by atoms with E-state index in [2.05, 4.69) is 30.8 Å². The summed E-state index contributed by atoms with van der Waals surface area (Å²) < 4.78 is 0. The van der Waals surface area contributed by atoms with Crippen LogP contribution in [0.25, 0.3) is 0 Å². The smallest absolute Gasteiger partial charge is 0.0178 e. The molecule has 0 spiro atoms. The first-order chi connectivity index (χ1) is 5.36. The minimum atomic E-state index is 0.619. The van der Waals surface area contributed by atoms with Crippen LogP contribution in [0.5, 0.6) is 0 Å². The maximum absolute atomic E-state index is 5.45. The second-order valence-electron chi connectivity index (χ2n) is 2.51. The number of rotatable bonds is 3. The summed E-state index contributed by atoms with van der Waals surface area (Å²) >= 11 is 0. The predicted molar refractivity (Wildman–Crippen MR) is 48.2 cm³/mol. The topological polar surface area (TPSA) is 26.0 Å². The van der Waals surface area contributed by atoms with Gasteiger partial charge in [-0.25, -0.2) is 0 Å². The van der Waals surface area contributed by atoms with Gasteiger partial charge < -0.3 is 5.73 Å². The zero-order valence-corrected chi connectivity index (χ0v) is 6.59. The summed E-state index contributed by atoms with van der Waals surface area (Å²) in [5.41, 5.74) is 7.92. The van der Waals surface area contributed by atoms with Crippen molar-refractivity contribution in [3.05, 3.63) is 48.0 Å². The third-order valence-corrected chi connectivity index (χ3v) is 1.64. The Morgan fingerprint density at radius 2 is 1.73 bits per heavy atom. The van der Waals surface area contributed by atoms with E-state index in [1.54, 1.807) is 0 Å². The van der Waals surface area contributed by atoms with Gasteiger partial charge in [0.25, 0.3) is 0 Å². The molecule has 0 radical (unpaired) electrons. The molecule has 58 valence electrons. The van der Waals surface area contributed by atoms with Crippen LogP contribution in [0.3, 0.4) is 0 Å². The Morgan fingerprint density at radius 3 is 2.18 bits per heavy atom. The van der Waals surface area contributed by atoms with Gasteiger partial charge in [0.1, 0.15) is 0 Å². The summed E-state index contributed by atoms with van der Waals surface area (Å²) in [5, 5.41) is 0. The fourth-order valence-corrected chi connectivity index (χ4v) is 0.978. The van der Waals surface area contributed by atoms with Gasteiger partial charge in [0.05, 0.1) is 0 Å². The van der Waals surface area contributed by atoms with Gasteiger partial charge in [0.2, 0.25) is 0 Å². The standard InChI is InChI=1S/C10H13N/c1-2-3-9-4-6-10(8-11)7-5-9/h2,4-7H,1,3,8,11H2. The van der Waals surface area contributed by atoms with Crippen LogP contribution >= 0.6 is 0 Å². The Morgan fingerprint density at radius 1 is 1.18 bits per heavy atom. The Kier molecular flexibility index (Phi) is 2.87. The second-order valence-corrected chi connectivity index (χ2v) is 2.51. The summed E-state index contributed by atoms with van der Waals surface area (Å²) in [5.74, 6) is 0. The number of benzene rings is 1. The fourth-order valence-electron chi connectivity index (χ4n) is 0.978. The third-order valence-electron chi connectivity index (χ3n) is 1.64. The van der Waals surface area contributed by atoms with Gasteiger partial charge in [-0.15, -0.1) is 6.58 Å². The highest BCUT2D eigenvalue weighted by Crippen LogP contribution is 2.04. The van der Waals surface area contributed by atoms with Crippen molar-refractivity contribution in [2.45, 2.75) is 13.0 Å². The molecule has 0 amide bonds. The molecule has 0 fully saturated rings. The first kappa shape index (κ1) is 8.02. The van der Waals surface area contributed by atoms with Crippen molar-refractivity contribution in [2.24, 2.45) is 5.73 Å². The van der Waals surface area contributed by atoms with Crippen molar-refractivity contribution >= 4 is 0 Å². The van der Waals surface area contributed by atoms with E-state index in [-0.39, 0.29) is 0 Å². The van der Waals surface area contributed by atoms with E-state index < -0.39 is 0 Å². The largest absolute Gasteiger partial charge is 0.326 e. The lowest BCUT2D eigenvalue weighted by Crippen LogP contribution is -1.95. The normalized spacial score (nSPS) is 9.55.